The lowest BCUT2D eigenvalue weighted by molar-refractivity contribution is -0.123. The van der Waals surface area contributed by atoms with Crippen LogP contribution in [0.4, 0.5) is 4.39 Å². The van der Waals surface area contributed by atoms with Crippen LogP contribution < -0.4 is 21.5 Å². The molecule has 0 aromatic heterocycles. The smallest absolute Gasteiger partial charge is 0.256 e. The summed E-state index contributed by atoms with van der Waals surface area (Å²) in [4.78, 5) is 29.0. The van der Waals surface area contributed by atoms with Crippen LogP contribution in [0.1, 0.15) is 23.1 Å². The van der Waals surface area contributed by atoms with E-state index in [0.717, 1.165) is 35.9 Å². The number of carbonyl (C=O) groups excluding carboxylic acids is 2. The first-order chi connectivity index (χ1) is 18.9. The monoisotopic (exact) mass is 550 g/mol. The van der Waals surface area contributed by atoms with Crippen molar-refractivity contribution in [3.8, 4) is 5.75 Å². The average molecular weight is 551 g/mol. The Morgan fingerprint density at radius 1 is 1.05 bits per heavy atom. The Labute approximate surface area is 231 Å². The summed E-state index contributed by atoms with van der Waals surface area (Å²) in [5.74, 6) is -0.906. The van der Waals surface area contributed by atoms with E-state index in [9.17, 15) is 9.59 Å². The number of halogens is 1. The fraction of sp³-hybridized carbons (Fsp3) is 0.267. The molecule has 7 nitrogen and oxygen atoms in total. The number of hydrogen-bond acceptors (Lipinski definition) is 5. The van der Waals surface area contributed by atoms with Crippen molar-refractivity contribution in [3.05, 3.63) is 101 Å². The third-order valence-corrected chi connectivity index (χ3v) is 7.79. The molecule has 1 atom stereocenters. The van der Waals surface area contributed by atoms with Gasteiger partial charge in [0, 0.05) is 19.2 Å². The highest BCUT2D eigenvalue weighted by atomic mass is 31.1. The molecule has 4 N–H and O–H groups in total. The van der Waals surface area contributed by atoms with E-state index in [-0.39, 0.29) is 31.4 Å². The van der Waals surface area contributed by atoms with Crippen molar-refractivity contribution in [2.24, 2.45) is 11.5 Å². The number of nitrogens with zero attached hydrogens (tertiary/aromatic N) is 2. The van der Waals surface area contributed by atoms with Gasteiger partial charge >= 0.3 is 0 Å². The van der Waals surface area contributed by atoms with E-state index >= 15 is 4.39 Å². The molecule has 1 unspecified atom stereocenters. The number of ether oxygens (including phenoxy) is 1. The second kappa shape index (κ2) is 15.1. The Bertz CT molecular complexity index is 1280. The van der Waals surface area contributed by atoms with Crippen molar-refractivity contribution in [1.29, 1.82) is 0 Å². The number of fused-ring (bicyclic) bond motifs is 1. The Morgan fingerprint density at radius 3 is 2.38 bits per heavy atom. The van der Waals surface area contributed by atoms with Gasteiger partial charge in [-0.3, -0.25) is 9.59 Å². The third-order valence-electron chi connectivity index (χ3n) is 6.26. The van der Waals surface area contributed by atoms with Crippen molar-refractivity contribution >= 4 is 31.8 Å². The second-order valence-corrected chi connectivity index (χ2v) is 10.2. The van der Waals surface area contributed by atoms with Gasteiger partial charge in [0.1, 0.15) is 0 Å². The van der Waals surface area contributed by atoms with E-state index in [1.54, 1.807) is 24.1 Å². The molecule has 0 saturated carbocycles. The first kappa shape index (κ1) is 30.0. The molecule has 1 aliphatic heterocycles. The Kier molecular flexibility index (Phi) is 11.6. The maximum atomic E-state index is 15.4. The lowest BCUT2D eigenvalue weighted by Crippen LogP contribution is -2.34. The van der Waals surface area contributed by atoms with Gasteiger partial charge in [-0.1, -0.05) is 66.7 Å². The molecule has 0 radical (unpaired) electrons. The van der Waals surface area contributed by atoms with Gasteiger partial charge in [0.25, 0.3) is 5.91 Å². The maximum Gasteiger partial charge on any atom is 0.256 e. The SMILES string of the molecule is COc1cccc(/C(C(=O)N(C)CCc2ccccc2)=C2\Pc3ccccc3CN2C=O)c1F.NCCCN. The zero-order valence-electron chi connectivity index (χ0n) is 22.4. The fourth-order valence-corrected chi connectivity index (χ4v) is 5.50. The van der Waals surface area contributed by atoms with E-state index in [1.807, 2.05) is 54.6 Å². The number of rotatable bonds is 9. The molecule has 39 heavy (non-hydrogen) atoms. The highest BCUT2D eigenvalue weighted by molar-refractivity contribution is 7.52. The van der Waals surface area contributed by atoms with Crippen LogP contribution in [0.5, 0.6) is 5.75 Å². The number of methoxy groups -OCH3 is 1. The van der Waals surface area contributed by atoms with Crippen LogP contribution in [-0.4, -0.2) is 55.9 Å². The standard InChI is InChI=1S/C27H26FN2O3P.C3H10N2/c1-29(16-15-19-9-4-3-5-10-19)26(32)24(21-12-8-13-22(33-2)25(21)28)27-30(18-31)17-20-11-6-7-14-23(20)34-27;4-2-1-3-5/h3-14,18,34H,15-17H2,1-2H3;1-5H2/b27-24+;. The molecule has 0 spiro atoms. The zero-order valence-corrected chi connectivity index (χ0v) is 23.4. The maximum absolute atomic E-state index is 15.4. The predicted octanol–water partition coefficient (Wildman–Crippen LogP) is 3.47. The molecule has 1 aliphatic rings. The molecule has 0 saturated heterocycles. The van der Waals surface area contributed by atoms with Crippen molar-refractivity contribution in [1.82, 2.24) is 9.80 Å². The van der Waals surface area contributed by atoms with Gasteiger partial charge in [0.2, 0.25) is 6.41 Å². The van der Waals surface area contributed by atoms with Crippen LogP contribution in [0.3, 0.4) is 0 Å². The van der Waals surface area contributed by atoms with E-state index < -0.39 is 5.82 Å². The average Bonchev–Trinajstić information content (AvgIpc) is 2.97. The van der Waals surface area contributed by atoms with Crippen LogP contribution in [0.15, 0.2) is 78.2 Å². The molecule has 4 rings (SSSR count). The van der Waals surface area contributed by atoms with E-state index in [2.05, 4.69) is 0 Å². The van der Waals surface area contributed by atoms with Gasteiger partial charge in [0.05, 0.1) is 24.7 Å². The van der Waals surface area contributed by atoms with Crippen molar-refractivity contribution in [2.45, 2.75) is 19.4 Å². The molecule has 3 aromatic rings. The third kappa shape index (κ3) is 7.73. The van der Waals surface area contributed by atoms with Gasteiger partial charge in [-0.25, -0.2) is 4.39 Å². The summed E-state index contributed by atoms with van der Waals surface area (Å²) in [6.07, 6.45) is 2.32. The Hall–Kier alpha value is -3.58. The first-order valence-corrected chi connectivity index (χ1v) is 13.8. The molecular formula is C30H36FN4O3P. The molecule has 9 heteroatoms. The molecular weight excluding hydrogens is 514 g/mol. The topological polar surface area (TPSA) is 102 Å². The minimum atomic E-state index is -0.619. The van der Waals surface area contributed by atoms with Crippen LogP contribution in [0, 0.1) is 5.82 Å². The van der Waals surface area contributed by atoms with E-state index in [1.165, 1.54) is 18.1 Å². The quantitative estimate of drug-likeness (QED) is 0.241. The largest absolute Gasteiger partial charge is 0.494 e. The summed E-state index contributed by atoms with van der Waals surface area (Å²) in [5.41, 5.74) is 13.1. The minimum Gasteiger partial charge on any atom is -0.494 e. The molecule has 2 amide bonds. The van der Waals surface area contributed by atoms with Gasteiger partial charge < -0.3 is 26.0 Å². The Morgan fingerprint density at radius 2 is 1.74 bits per heavy atom. The summed E-state index contributed by atoms with van der Waals surface area (Å²) in [6, 6.07) is 22.4. The normalized spacial score (nSPS) is 14.1. The Balaban J connectivity index is 0.000000771. The molecule has 206 valence electrons. The molecule has 0 fully saturated rings. The summed E-state index contributed by atoms with van der Waals surface area (Å²) in [7, 11) is 3.12. The first-order valence-electron chi connectivity index (χ1n) is 12.8. The van der Waals surface area contributed by atoms with Crippen molar-refractivity contribution in [3.63, 3.8) is 0 Å². The lowest BCUT2D eigenvalue weighted by atomic mass is 10.0. The van der Waals surface area contributed by atoms with Crippen LogP contribution in [-0.2, 0) is 22.6 Å². The number of hydrogen-bond donors (Lipinski definition) is 2. The number of amides is 2. The number of nitrogens with two attached hydrogens (primary N) is 2. The van der Waals surface area contributed by atoms with Gasteiger partial charge in [-0.05, 0) is 57.0 Å². The summed E-state index contributed by atoms with van der Waals surface area (Å²) in [6.45, 7) is 2.22. The summed E-state index contributed by atoms with van der Waals surface area (Å²) in [5, 5.41) is 1.04. The van der Waals surface area contributed by atoms with Crippen molar-refractivity contribution < 1.29 is 18.7 Å². The van der Waals surface area contributed by atoms with Crippen LogP contribution in [0.25, 0.3) is 5.57 Å². The minimum absolute atomic E-state index is 0.0304. The van der Waals surface area contributed by atoms with E-state index in [4.69, 9.17) is 16.2 Å². The summed E-state index contributed by atoms with van der Waals surface area (Å²) < 4.78 is 20.6. The predicted molar refractivity (Wildman–Crippen MR) is 156 cm³/mol. The highest BCUT2D eigenvalue weighted by Crippen LogP contribution is 2.41. The highest BCUT2D eigenvalue weighted by Gasteiger charge is 2.30. The molecule has 1 heterocycles. The van der Waals surface area contributed by atoms with Crippen LogP contribution in [0.2, 0.25) is 0 Å². The summed E-state index contributed by atoms with van der Waals surface area (Å²) >= 11 is 0. The lowest BCUT2D eigenvalue weighted by Gasteiger charge is -2.31. The number of benzene rings is 3. The fourth-order valence-electron chi connectivity index (χ4n) is 4.10. The zero-order chi connectivity index (χ0) is 28.2. The van der Waals surface area contributed by atoms with Crippen molar-refractivity contribution in [2.75, 3.05) is 33.8 Å². The second-order valence-electron chi connectivity index (χ2n) is 8.95. The molecule has 0 aliphatic carbocycles. The number of likely N-dealkylation sites (N-methyl/N-ethyl adjacent to an activating group) is 1. The van der Waals surface area contributed by atoms with Gasteiger partial charge in [-0.15, -0.1) is 0 Å². The van der Waals surface area contributed by atoms with E-state index in [0.29, 0.717) is 31.4 Å². The van der Waals surface area contributed by atoms with Crippen LogP contribution >= 0.6 is 8.58 Å². The molecule has 0 bridgehead atoms. The number of carbonyl (C=O) groups is 2. The van der Waals surface area contributed by atoms with Gasteiger partial charge in [-0.2, -0.15) is 0 Å². The van der Waals surface area contributed by atoms with Gasteiger partial charge in [0.15, 0.2) is 11.6 Å². The molecule has 3 aromatic carbocycles.